The van der Waals surface area contributed by atoms with Crippen LogP contribution in [0.4, 0.5) is 4.39 Å². The van der Waals surface area contributed by atoms with Gasteiger partial charge in [0.15, 0.2) is 0 Å². The summed E-state index contributed by atoms with van der Waals surface area (Å²) in [5.74, 6) is 8.82. The van der Waals surface area contributed by atoms with Gasteiger partial charge in [0.25, 0.3) is 0 Å². The highest BCUT2D eigenvalue weighted by Gasteiger charge is 2.12. The van der Waals surface area contributed by atoms with Crippen LogP contribution in [0.25, 0.3) is 11.5 Å². The van der Waals surface area contributed by atoms with E-state index in [-0.39, 0.29) is 5.82 Å². The lowest BCUT2D eigenvalue weighted by molar-refractivity contribution is 0.297. The number of hydrogen-bond donors (Lipinski definition) is 0. The van der Waals surface area contributed by atoms with E-state index in [1.54, 1.807) is 19.1 Å². The fourth-order valence-electron chi connectivity index (χ4n) is 1.71. The zero-order chi connectivity index (χ0) is 15.1. The van der Waals surface area contributed by atoms with Gasteiger partial charge in [-0.15, -0.1) is 22.5 Å². The minimum Gasteiger partial charge on any atom is -0.419 e. The lowest BCUT2D eigenvalue weighted by Crippen LogP contribution is -2.24. The van der Waals surface area contributed by atoms with Crippen molar-refractivity contribution in [3.63, 3.8) is 0 Å². The van der Waals surface area contributed by atoms with E-state index in [1.807, 2.05) is 4.90 Å². The molecule has 0 N–H and O–H groups in total. The molecule has 0 aliphatic carbocycles. The van der Waals surface area contributed by atoms with E-state index in [9.17, 15) is 4.39 Å². The molecule has 4 nitrogen and oxygen atoms in total. The van der Waals surface area contributed by atoms with Crippen molar-refractivity contribution >= 4 is 0 Å². The normalized spacial score (nSPS) is 10.0. The van der Waals surface area contributed by atoms with E-state index in [4.69, 9.17) is 10.8 Å². The van der Waals surface area contributed by atoms with Crippen LogP contribution >= 0.6 is 0 Å². The Morgan fingerprint density at radius 1 is 1.24 bits per heavy atom. The number of nitrogens with zero attached hydrogens (tertiary/aromatic N) is 3. The van der Waals surface area contributed by atoms with Crippen LogP contribution < -0.4 is 0 Å². The Balaban J connectivity index is 2.09. The SMILES string of the molecule is C#CCN(CC#CC)Cc1nnc(-c2ccc(F)cc2)o1. The third-order valence-corrected chi connectivity index (χ3v) is 2.71. The van der Waals surface area contributed by atoms with Crippen molar-refractivity contribution in [3.05, 3.63) is 36.0 Å². The van der Waals surface area contributed by atoms with E-state index in [0.29, 0.717) is 37.0 Å². The van der Waals surface area contributed by atoms with Crippen LogP contribution in [0.3, 0.4) is 0 Å². The fraction of sp³-hybridized carbons (Fsp3) is 0.250. The summed E-state index contributed by atoms with van der Waals surface area (Å²) in [6.07, 6.45) is 5.32. The molecule has 0 radical (unpaired) electrons. The van der Waals surface area contributed by atoms with Crippen LogP contribution in [0.1, 0.15) is 12.8 Å². The number of terminal acetylenes is 1. The molecule has 106 valence electrons. The molecule has 0 spiro atoms. The third kappa shape index (κ3) is 4.17. The number of benzene rings is 1. The van der Waals surface area contributed by atoms with Crippen molar-refractivity contribution in [1.82, 2.24) is 15.1 Å². The van der Waals surface area contributed by atoms with Gasteiger partial charge in [0, 0.05) is 5.56 Å². The van der Waals surface area contributed by atoms with E-state index in [0.717, 1.165) is 0 Å². The van der Waals surface area contributed by atoms with E-state index >= 15 is 0 Å². The van der Waals surface area contributed by atoms with Crippen molar-refractivity contribution in [2.24, 2.45) is 0 Å². The highest BCUT2D eigenvalue weighted by Crippen LogP contribution is 2.18. The van der Waals surface area contributed by atoms with Gasteiger partial charge in [-0.1, -0.05) is 11.8 Å². The fourth-order valence-corrected chi connectivity index (χ4v) is 1.71. The summed E-state index contributed by atoms with van der Waals surface area (Å²) in [5.41, 5.74) is 0.673. The van der Waals surface area contributed by atoms with Crippen molar-refractivity contribution < 1.29 is 8.81 Å². The van der Waals surface area contributed by atoms with Gasteiger partial charge in [-0.05, 0) is 31.2 Å². The second-order valence-corrected chi connectivity index (χ2v) is 4.28. The number of rotatable bonds is 5. The average Bonchev–Trinajstić information content (AvgIpc) is 2.94. The van der Waals surface area contributed by atoms with Crippen LogP contribution in [0.15, 0.2) is 28.7 Å². The van der Waals surface area contributed by atoms with E-state index in [1.165, 1.54) is 12.1 Å². The molecule has 0 atom stereocenters. The predicted octanol–water partition coefficient (Wildman–Crippen LogP) is 2.33. The third-order valence-electron chi connectivity index (χ3n) is 2.71. The second-order valence-electron chi connectivity index (χ2n) is 4.28. The van der Waals surface area contributed by atoms with Crippen molar-refractivity contribution in [2.75, 3.05) is 13.1 Å². The van der Waals surface area contributed by atoms with Gasteiger partial charge >= 0.3 is 0 Å². The minimum absolute atomic E-state index is 0.308. The molecule has 0 saturated heterocycles. The monoisotopic (exact) mass is 283 g/mol. The van der Waals surface area contributed by atoms with Crippen LogP contribution in [0, 0.1) is 30.0 Å². The molecule has 0 aliphatic heterocycles. The molecule has 2 aromatic rings. The van der Waals surface area contributed by atoms with Crippen LogP contribution in [0.2, 0.25) is 0 Å². The molecule has 0 aliphatic rings. The summed E-state index contributed by atoms with van der Waals surface area (Å²) in [4.78, 5) is 1.92. The molecule has 0 unspecified atom stereocenters. The summed E-state index contributed by atoms with van der Waals surface area (Å²) >= 11 is 0. The number of halogens is 1. The molecule has 2 rings (SSSR count). The first-order valence-corrected chi connectivity index (χ1v) is 6.36. The molecule has 1 heterocycles. The van der Waals surface area contributed by atoms with Gasteiger partial charge in [-0.25, -0.2) is 4.39 Å². The van der Waals surface area contributed by atoms with Crippen LogP contribution in [-0.2, 0) is 6.54 Å². The lowest BCUT2D eigenvalue weighted by Gasteiger charge is -2.13. The first-order chi connectivity index (χ1) is 10.2. The Bertz CT molecular complexity index is 689. The lowest BCUT2D eigenvalue weighted by atomic mass is 10.2. The molecule has 21 heavy (non-hydrogen) atoms. The van der Waals surface area contributed by atoms with Gasteiger partial charge in [0.05, 0.1) is 19.6 Å². The standard InChI is InChI=1S/C16H14FN3O/c1-3-5-11-20(10-4-2)12-15-18-19-16(21-15)13-6-8-14(17)9-7-13/h2,6-9H,10-12H2,1H3. The molecule has 5 heteroatoms. The predicted molar refractivity (Wildman–Crippen MR) is 77.3 cm³/mol. The maximum atomic E-state index is 12.9. The Morgan fingerprint density at radius 2 is 2.00 bits per heavy atom. The zero-order valence-electron chi connectivity index (χ0n) is 11.6. The highest BCUT2D eigenvalue weighted by molar-refractivity contribution is 5.51. The molecule has 0 fully saturated rings. The number of aromatic nitrogens is 2. The van der Waals surface area contributed by atoms with Gasteiger partial charge in [0.2, 0.25) is 11.8 Å². The summed E-state index contributed by atoms with van der Waals surface area (Å²) in [5, 5.41) is 7.93. The van der Waals surface area contributed by atoms with Gasteiger partial charge < -0.3 is 4.42 Å². The van der Waals surface area contributed by atoms with Gasteiger partial charge in [-0.3, -0.25) is 4.90 Å². The minimum atomic E-state index is -0.308. The largest absolute Gasteiger partial charge is 0.419 e. The summed E-state index contributed by atoms with van der Waals surface area (Å²) < 4.78 is 18.4. The maximum absolute atomic E-state index is 12.9. The molecular formula is C16H14FN3O. The molecule has 0 saturated carbocycles. The van der Waals surface area contributed by atoms with Gasteiger partial charge in [0.1, 0.15) is 5.82 Å². The molecular weight excluding hydrogens is 269 g/mol. The Kier molecular flexibility index (Phi) is 5.09. The van der Waals surface area contributed by atoms with Crippen LogP contribution in [0.5, 0.6) is 0 Å². The van der Waals surface area contributed by atoms with Crippen LogP contribution in [-0.4, -0.2) is 28.2 Å². The topological polar surface area (TPSA) is 42.2 Å². The van der Waals surface area contributed by atoms with Crippen molar-refractivity contribution in [3.8, 4) is 35.6 Å². The summed E-state index contributed by atoms with van der Waals surface area (Å²) in [6.45, 7) is 3.18. The second kappa shape index (κ2) is 7.23. The quantitative estimate of drug-likeness (QED) is 0.790. The van der Waals surface area contributed by atoms with E-state index < -0.39 is 0 Å². The Labute approximate surface area is 123 Å². The average molecular weight is 283 g/mol. The van der Waals surface area contributed by atoms with Crippen molar-refractivity contribution in [1.29, 1.82) is 0 Å². The molecule has 1 aromatic heterocycles. The van der Waals surface area contributed by atoms with E-state index in [2.05, 4.69) is 28.0 Å². The Morgan fingerprint density at radius 3 is 2.67 bits per heavy atom. The maximum Gasteiger partial charge on any atom is 0.247 e. The molecule has 1 aromatic carbocycles. The molecule has 0 bridgehead atoms. The highest BCUT2D eigenvalue weighted by atomic mass is 19.1. The first-order valence-electron chi connectivity index (χ1n) is 6.36. The Hall–Kier alpha value is -2.63. The summed E-state index contributed by atoms with van der Waals surface area (Å²) in [7, 11) is 0. The smallest absolute Gasteiger partial charge is 0.247 e. The first kappa shape index (κ1) is 14.8. The summed E-state index contributed by atoms with van der Waals surface area (Å²) in [6, 6.07) is 5.88. The zero-order valence-corrected chi connectivity index (χ0v) is 11.6. The van der Waals surface area contributed by atoms with Crippen molar-refractivity contribution in [2.45, 2.75) is 13.5 Å². The number of hydrogen-bond acceptors (Lipinski definition) is 4. The van der Waals surface area contributed by atoms with Gasteiger partial charge in [-0.2, -0.15) is 0 Å². The molecule has 0 amide bonds.